The van der Waals surface area contributed by atoms with E-state index in [2.05, 4.69) is 40.3 Å². The second-order valence-electron chi connectivity index (χ2n) is 26.4. The molecule has 3 saturated heterocycles. The fraction of sp³-hybridized carbons (Fsp3) is 0.386. The second kappa shape index (κ2) is 25.5. The number of amides is 4. The number of carbonyl (C=O) groups is 4. The molecule has 4 atom stereocenters. The number of likely N-dealkylation sites (tertiary alicyclic amines) is 1. The molecule has 1 aliphatic carbocycles. The molecule has 4 aliphatic heterocycles. The number of hydrogen-bond acceptors (Lipinski definition) is 18. The summed E-state index contributed by atoms with van der Waals surface area (Å²) in [6, 6.07) is 32.2. The second-order valence-corrected chi connectivity index (χ2v) is 30.0. The van der Waals surface area contributed by atoms with Gasteiger partial charge in [0, 0.05) is 98.3 Å². The number of hydrogen-bond donors (Lipinski definition) is 4. The first kappa shape index (κ1) is 62.6. The van der Waals surface area contributed by atoms with E-state index in [1.54, 1.807) is 35.7 Å². The van der Waals surface area contributed by atoms with Gasteiger partial charge in [-0.15, -0.1) is 11.3 Å². The Bertz CT molecular complexity index is 4430. The molecule has 1 spiro atoms. The first-order valence-electron chi connectivity index (χ1n) is 32.3. The molecule has 4 fully saturated rings. The fourth-order valence-corrected chi connectivity index (χ4v) is 17.1. The summed E-state index contributed by atoms with van der Waals surface area (Å²) in [6.45, 7) is 14.1. The lowest BCUT2D eigenvalue weighted by Crippen LogP contribution is -2.72. The van der Waals surface area contributed by atoms with Gasteiger partial charge in [0.25, 0.3) is 21.8 Å². The molecule has 24 heteroatoms. The van der Waals surface area contributed by atoms with Crippen LogP contribution in [0.25, 0.3) is 31.8 Å². The zero-order valence-corrected chi connectivity index (χ0v) is 55.6. The van der Waals surface area contributed by atoms with Crippen molar-refractivity contribution in [2.75, 3.05) is 59.3 Å². The van der Waals surface area contributed by atoms with Gasteiger partial charge in [0.15, 0.2) is 16.7 Å². The summed E-state index contributed by atoms with van der Waals surface area (Å²) in [6.07, 6.45) is 7.47. The molecule has 9 aromatic rings. The van der Waals surface area contributed by atoms with Gasteiger partial charge in [-0.2, -0.15) is 5.10 Å². The van der Waals surface area contributed by atoms with E-state index in [0.717, 1.165) is 73.8 Å². The summed E-state index contributed by atoms with van der Waals surface area (Å²) < 4.78 is 39.9. The van der Waals surface area contributed by atoms with Crippen molar-refractivity contribution < 1.29 is 37.2 Å². The smallest absolute Gasteiger partial charge is 0.284 e. The molecule has 1 saturated carbocycles. The van der Waals surface area contributed by atoms with Crippen LogP contribution in [0.1, 0.15) is 126 Å². The van der Waals surface area contributed by atoms with Gasteiger partial charge < -0.3 is 34.5 Å². The number of aromatic nitrogens is 6. The third-order valence-electron chi connectivity index (χ3n) is 19.6. The average Bonchev–Trinajstić information content (AvgIpc) is 0.752. The lowest BCUT2D eigenvalue weighted by atomic mass is 9.72. The predicted molar refractivity (Wildman–Crippen MR) is 363 cm³/mol. The first-order valence-corrected chi connectivity index (χ1v) is 35.5. The predicted octanol–water partition coefficient (Wildman–Crippen LogP) is 10.7. The topological polar surface area (TPSA) is 254 Å². The highest BCUT2D eigenvalue weighted by Crippen LogP contribution is 2.45. The molecular formula is C70H75N13O8S3. The van der Waals surface area contributed by atoms with Crippen LogP contribution in [0.15, 0.2) is 130 Å². The van der Waals surface area contributed by atoms with Crippen molar-refractivity contribution in [2.24, 2.45) is 17.3 Å². The van der Waals surface area contributed by atoms with E-state index in [0.29, 0.717) is 90.8 Å². The number of rotatable bonds is 18. The van der Waals surface area contributed by atoms with Gasteiger partial charge in [-0.1, -0.05) is 98.1 Å². The van der Waals surface area contributed by atoms with Crippen molar-refractivity contribution in [3.8, 4) is 21.6 Å². The van der Waals surface area contributed by atoms with Crippen LogP contribution in [-0.4, -0.2) is 123 Å². The van der Waals surface area contributed by atoms with Gasteiger partial charge in [0.05, 0.1) is 49.5 Å². The molecular weight excluding hydrogens is 1250 g/mol. The highest BCUT2D eigenvalue weighted by atomic mass is 32.2. The maximum absolute atomic E-state index is 14.7. The zero-order valence-electron chi connectivity index (χ0n) is 53.1. The van der Waals surface area contributed by atoms with Gasteiger partial charge in [-0.05, 0) is 129 Å². The highest BCUT2D eigenvalue weighted by molar-refractivity contribution is 7.90. The molecule has 14 rings (SSSR count). The Morgan fingerprint density at radius 3 is 2.33 bits per heavy atom. The van der Waals surface area contributed by atoms with Crippen LogP contribution < -0.4 is 30.1 Å². The number of carbonyl (C=O) groups excluding carboxylic acids is 4. The lowest BCUT2D eigenvalue weighted by Gasteiger charge is -2.61. The summed E-state index contributed by atoms with van der Waals surface area (Å²) in [5.41, 5.74) is 10.6. The molecule has 4 aromatic carbocycles. The summed E-state index contributed by atoms with van der Waals surface area (Å²) in [5, 5.41) is 26.7. The Hall–Kier alpha value is -8.84. The van der Waals surface area contributed by atoms with Crippen molar-refractivity contribution in [2.45, 2.75) is 122 Å². The van der Waals surface area contributed by atoms with Gasteiger partial charge in [0.2, 0.25) is 11.8 Å². The minimum absolute atomic E-state index is 0.0253. The van der Waals surface area contributed by atoms with Crippen LogP contribution in [0.3, 0.4) is 0 Å². The lowest BCUT2D eigenvalue weighted by molar-refractivity contribution is -0.141. The molecule has 0 unspecified atom stereocenters. The van der Waals surface area contributed by atoms with Crippen LogP contribution in [0.5, 0.6) is 0 Å². The number of aryl methyl sites for hydroxylation is 1. The minimum Gasteiger partial charge on any atom is -0.391 e. The average molecular weight is 1320 g/mol. The largest absolute Gasteiger partial charge is 0.391 e. The number of nitrogens with zero attached hydrogens (tertiary/aromatic N) is 10. The van der Waals surface area contributed by atoms with Crippen LogP contribution >= 0.6 is 22.7 Å². The van der Waals surface area contributed by atoms with Gasteiger partial charge in [0.1, 0.15) is 23.5 Å². The van der Waals surface area contributed by atoms with Crippen molar-refractivity contribution >= 4 is 89.0 Å². The van der Waals surface area contributed by atoms with E-state index in [4.69, 9.17) is 14.6 Å². The number of anilines is 4. The maximum Gasteiger partial charge on any atom is 0.284 e. The van der Waals surface area contributed by atoms with E-state index in [9.17, 15) is 32.7 Å². The van der Waals surface area contributed by atoms with Crippen LogP contribution in [0.4, 0.5) is 22.5 Å². The number of aliphatic hydroxyl groups is 1. The van der Waals surface area contributed by atoms with E-state index < -0.39 is 34.0 Å². The van der Waals surface area contributed by atoms with Crippen molar-refractivity contribution in [1.82, 2.24) is 44.8 Å². The Kier molecular flexibility index (Phi) is 17.0. The van der Waals surface area contributed by atoms with Crippen molar-refractivity contribution in [1.29, 1.82) is 0 Å². The number of fused-ring (bicyclic) bond motifs is 2. The number of para-hydroxylation sites is 1. The molecule has 4 N–H and O–H groups in total. The van der Waals surface area contributed by atoms with Gasteiger partial charge >= 0.3 is 0 Å². The summed E-state index contributed by atoms with van der Waals surface area (Å²) in [7, 11) is -4.41. The maximum atomic E-state index is 14.7. The molecule has 0 radical (unpaired) electrons. The first-order chi connectivity index (χ1) is 45.3. The van der Waals surface area contributed by atoms with Gasteiger partial charge in [-0.3, -0.25) is 29.2 Å². The summed E-state index contributed by atoms with van der Waals surface area (Å²) in [5.74, 6) is -0.802. The number of aliphatic hydroxyl groups excluding tert-OH is 1. The number of sulfonamides is 1. The molecule has 9 heterocycles. The number of β-amino-alcohol motifs (C(OH)–C–C–N with tert-alkyl or cyclic N) is 1. The number of thiazole rings is 2. The molecule has 5 aliphatic rings. The third kappa shape index (κ3) is 12.4. The Labute approximate surface area is 553 Å². The Morgan fingerprint density at radius 1 is 0.819 bits per heavy atom. The molecule has 4 amide bonds. The number of pyridine rings is 1. The van der Waals surface area contributed by atoms with Gasteiger partial charge in [-0.25, -0.2) is 28.1 Å². The van der Waals surface area contributed by atoms with Crippen LogP contribution in [0.2, 0.25) is 0 Å². The van der Waals surface area contributed by atoms with E-state index in [1.807, 2.05) is 129 Å². The third-order valence-corrected chi connectivity index (χ3v) is 22.8. The SMILES string of the molecule is Cc1ncsc1-c1ccc([C@H](C)NC(=O)[C@@H]2C[C@@H](O)CN2C(=O)[C@@H](c2cc(N3CC4(CN(c5ccc(S(=O)(=O)NC(=O)c6nc(N7CCc8cccc(C(=O)Nc9nc%10ccccc%10s9)c8C7)ccc6-c6cnn(CC7CCCCC7)c6C)cc5)C4)C3)no2)C(C)C)cc1. The molecule has 486 valence electrons. The number of benzene rings is 4. The normalized spacial score (nSPS) is 18.6. The van der Waals surface area contributed by atoms with Crippen molar-refractivity contribution in [3.63, 3.8) is 0 Å². The van der Waals surface area contributed by atoms with Crippen molar-refractivity contribution in [3.05, 3.63) is 166 Å². The Balaban J connectivity index is 0.621. The molecule has 5 aromatic heterocycles. The standard InChI is InChI=1S/C70H75N13O8S3/c1-41(2)62(68(88)82-34-50(84)30-57(82)66(86)73-42(3)46-18-20-48(21-19-46)64-43(4)71-40-92-64)58-31-61(77-91-58)81-38-70(39-81)36-80(37-70)49-22-24-51(25-23-49)94(89,90)78-67(87)63-52(54-32-72-83(44(54)5)33-45-12-7-6-8-13-45)26-27-60(75-63)79-29-28-47-14-11-15-53(55(47)35-79)65(85)76-69-74-56-16-9-10-17-59(56)93-69/h9-11,14-27,31-32,40-42,45,50,57,62,84H,6-8,12-13,28-30,33-39H2,1-5H3,(H,73,86)(H,78,87)(H,74,76,85)/t42-,50+,57-,62+/m0/s1. The monoisotopic (exact) mass is 1320 g/mol. The number of nitrogens with one attached hydrogen (secondary N) is 3. The summed E-state index contributed by atoms with van der Waals surface area (Å²) in [4.78, 5) is 79.9. The van der Waals surface area contributed by atoms with E-state index >= 15 is 0 Å². The quantitative estimate of drug-likeness (QED) is 0.0623. The molecule has 94 heavy (non-hydrogen) atoms. The molecule has 21 nitrogen and oxygen atoms in total. The minimum atomic E-state index is -4.41. The van der Waals surface area contributed by atoms with E-state index in [-0.39, 0.29) is 58.7 Å². The van der Waals surface area contributed by atoms with Crippen LogP contribution in [0, 0.1) is 31.1 Å². The summed E-state index contributed by atoms with van der Waals surface area (Å²) >= 11 is 2.99. The van der Waals surface area contributed by atoms with Crippen LogP contribution in [-0.2, 0) is 39.1 Å². The fourth-order valence-electron chi connectivity index (χ4n) is 14.4. The van der Waals surface area contributed by atoms with E-state index in [1.165, 1.54) is 47.6 Å². The molecule has 0 bridgehead atoms. The zero-order chi connectivity index (χ0) is 65.2. The highest BCUT2D eigenvalue weighted by Gasteiger charge is 2.53. The Morgan fingerprint density at radius 2 is 1.59 bits per heavy atom.